The summed E-state index contributed by atoms with van der Waals surface area (Å²) in [7, 11) is 5.55. The van der Waals surface area contributed by atoms with E-state index < -0.39 is 0 Å². The number of benzene rings is 1. The highest BCUT2D eigenvalue weighted by molar-refractivity contribution is 14.0. The smallest absolute Gasteiger partial charge is 0.238 e. The van der Waals surface area contributed by atoms with E-state index in [4.69, 9.17) is 0 Å². The van der Waals surface area contributed by atoms with Gasteiger partial charge in [-0.05, 0) is 44.1 Å². The molecule has 1 aromatic carbocycles. The summed E-state index contributed by atoms with van der Waals surface area (Å²) in [5.41, 5.74) is 1.91. The van der Waals surface area contributed by atoms with Crippen molar-refractivity contribution in [3.8, 4) is 0 Å². The molecule has 7 heteroatoms. The molecule has 0 aliphatic rings. The van der Waals surface area contributed by atoms with E-state index in [9.17, 15) is 4.79 Å². The Labute approximate surface area is 188 Å². The summed E-state index contributed by atoms with van der Waals surface area (Å²) >= 11 is 0. The Kier molecular flexibility index (Phi) is 14.8. The van der Waals surface area contributed by atoms with Gasteiger partial charge in [0.2, 0.25) is 5.91 Å². The van der Waals surface area contributed by atoms with Crippen LogP contribution in [0.4, 0.5) is 5.69 Å². The first-order valence-electron chi connectivity index (χ1n) is 9.96. The Balaban J connectivity index is 0.00000729. The fourth-order valence-corrected chi connectivity index (χ4v) is 2.84. The van der Waals surface area contributed by atoms with Gasteiger partial charge in [0, 0.05) is 25.8 Å². The van der Waals surface area contributed by atoms with Gasteiger partial charge in [-0.25, -0.2) is 0 Å². The van der Waals surface area contributed by atoms with Gasteiger partial charge in [0.05, 0.1) is 6.54 Å². The van der Waals surface area contributed by atoms with Gasteiger partial charge in [-0.1, -0.05) is 45.2 Å². The van der Waals surface area contributed by atoms with Crippen LogP contribution in [0.2, 0.25) is 0 Å². The lowest BCUT2D eigenvalue weighted by Crippen LogP contribution is -2.39. The number of anilines is 1. The quantitative estimate of drug-likeness (QED) is 0.245. The number of carbonyl (C=O) groups excluding carboxylic acids is 1. The molecule has 0 aromatic heterocycles. The zero-order chi connectivity index (χ0) is 20.1. The van der Waals surface area contributed by atoms with E-state index in [0.29, 0.717) is 19.0 Å². The largest absolute Gasteiger partial charge is 0.356 e. The lowest BCUT2D eigenvalue weighted by molar-refractivity contribution is -0.116. The molecule has 28 heavy (non-hydrogen) atoms. The summed E-state index contributed by atoms with van der Waals surface area (Å²) < 4.78 is 0. The molecule has 0 saturated heterocycles. The predicted molar refractivity (Wildman–Crippen MR) is 131 cm³/mol. The fraction of sp³-hybridized carbons (Fsp3) is 0.619. The Morgan fingerprint density at radius 2 is 1.96 bits per heavy atom. The second kappa shape index (κ2) is 15.6. The molecule has 0 heterocycles. The maximum atomic E-state index is 11.9. The third-order valence-corrected chi connectivity index (χ3v) is 4.46. The van der Waals surface area contributed by atoms with Crippen molar-refractivity contribution >= 4 is 41.5 Å². The maximum Gasteiger partial charge on any atom is 0.238 e. The van der Waals surface area contributed by atoms with Gasteiger partial charge in [-0.2, -0.15) is 0 Å². The second-order valence-electron chi connectivity index (χ2n) is 7.21. The van der Waals surface area contributed by atoms with E-state index in [1.54, 1.807) is 7.05 Å². The average molecular weight is 503 g/mol. The molecule has 0 fully saturated rings. The Bertz CT molecular complexity index is 592. The van der Waals surface area contributed by atoms with Crippen molar-refractivity contribution in [1.82, 2.24) is 15.5 Å². The molecule has 160 valence electrons. The topological polar surface area (TPSA) is 68.8 Å². The van der Waals surface area contributed by atoms with Crippen LogP contribution < -0.4 is 16.0 Å². The van der Waals surface area contributed by atoms with Crippen molar-refractivity contribution in [3.05, 3.63) is 29.8 Å². The molecule has 1 aromatic rings. The lowest BCUT2D eigenvalue weighted by Gasteiger charge is -2.18. The highest BCUT2D eigenvalue weighted by Gasteiger charge is 2.08. The number of guanidine groups is 1. The first kappa shape index (κ1) is 26.6. The van der Waals surface area contributed by atoms with E-state index in [2.05, 4.69) is 34.8 Å². The number of carbonyl (C=O) groups is 1. The van der Waals surface area contributed by atoms with Gasteiger partial charge in [-0.15, -0.1) is 24.0 Å². The number of hydrogen-bond donors (Lipinski definition) is 3. The van der Waals surface area contributed by atoms with Crippen molar-refractivity contribution in [3.63, 3.8) is 0 Å². The van der Waals surface area contributed by atoms with Crippen LogP contribution in [0.1, 0.15) is 45.1 Å². The van der Waals surface area contributed by atoms with Gasteiger partial charge in [0.1, 0.15) is 0 Å². The number of amides is 1. The third-order valence-electron chi connectivity index (χ3n) is 4.46. The van der Waals surface area contributed by atoms with E-state index >= 15 is 0 Å². The van der Waals surface area contributed by atoms with Crippen molar-refractivity contribution in [1.29, 1.82) is 0 Å². The van der Waals surface area contributed by atoms with Crippen LogP contribution in [0, 0.1) is 5.92 Å². The number of rotatable bonds is 11. The first-order chi connectivity index (χ1) is 13.0. The average Bonchev–Trinajstić information content (AvgIpc) is 2.63. The third kappa shape index (κ3) is 11.5. The highest BCUT2D eigenvalue weighted by atomic mass is 127. The van der Waals surface area contributed by atoms with Crippen LogP contribution in [0.3, 0.4) is 0 Å². The summed E-state index contributed by atoms with van der Waals surface area (Å²) in [6, 6.07) is 7.89. The normalized spacial score (nSPS) is 12.3. The zero-order valence-electron chi connectivity index (χ0n) is 18.0. The number of nitrogens with zero attached hydrogens (tertiary/aromatic N) is 2. The van der Waals surface area contributed by atoms with Gasteiger partial charge in [0.15, 0.2) is 5.96 Å². The minimum absolute atomic E-state index is 0. The maximum absolute atomic E-state index is 11.9. The van der Waals surface area contributed by atoms with Crippen LogP contribution in [-0.4, -0.2) is 51.0 Å². The molecule has 0 spiro atoms. The van der Waals surface area contributed by atoms with Crippen LogP contribution in [0.25, 0.3) is 0 Å². The van der Waals surface area contributed by atoms with E-state index in [0.717, 1.165) is 23.8 Å². The Hall–Kier alpha value is -1.35. The van der Waals surface area contributed by atoms with E-state index in [1.807, 2.05) is 43.3 Å². The van der Waals surface area contributed by atoms with E-state index in [-0.39, 0.29) is 29.9 Å². The van der Waals surface area contributed by atoms with Gasteiger partial charge >= 0.3 is 0 Å². The molecule has 6 nitrogen and oxygen atoms in total. The van der Waals surface area contributed by atoms with E-state index in [1.165, 1.54) is 25.7 Å². The summed E-state index contributed by atoms with van der Waals surface area (Å²) in [5, 5.41) is 9.71. The molecule has 1 rings (SSSR count). The van der Waals surface area contributed by atoms with Gasteiger partial charge in [0.25, 0.3) is 0 Å². The molecule has 1 unspecified atom stereocenters. The van der Waals surface area contributed by atoms with Crippen LogP contribution in [-0.2, 0) is 11.3 Å². The second-order valence-corrected chi connectivity index (χ2v) is 7.21. The van der Waals surface area contributed by atoms with Gasteiger partial charge in [-0.3, -0.25) is 9.79 Å². The number of aliphatic imine (C=N–C) groups is 1. The predicted octanol–water partition coefficient (Wildman–Crippen LogP) is 3.69. The number of nitrogens with one attached hydrogen (secondary N) is 3. The number of likely N-dealkylation sites (N-methyl/N-ethyl adjacent to an activating group) is 1. The molecule has 0 aliphatic heterocycles. The molecular formula is C21H38IN5O. The summed E-state index contributed by atoms with van der Waals surface area (Å²) in [5.74, 6) is 1.48. The lowest BCUT2D eigenvalue weighted by atomic mass is 9.99. The standard InChI is InChI=1S/C21H37N5O.HI/c1-6-8-10-17(7-2)14-23-21(22-3)24-15-18-11-9-12-19(13-18)25-20(27)16-26(4)5;/h9,11-13,17H,6-8,10,14-16H2,1-5H3,(H,25,27)(H2,22,23,24);1H. The Morgan fingerprint density at radius 1 is 1.21 bits per heavy atom. The van der Waals surface area contributed by atoms with Crippen LogP contribution in [0.5, 0.6) is 0 Å². The minimum Gasteiger partial charge on any atom is -0.356 e. The Morgan fingerprint density at radius 3 is 2.57 bits per heavy atom. The molecule has 1 atom stereocenters. The molecule has 0 radical (unpaired) electrons. The summed E-state index contributed by atoms with van der Waals surface area (Å²) in [6.07, 6.45) is 4.95. The molecule has 0 saturated carbocycles. The van der Waals surface area contributed by atoms with Crippen molar-refractivity contribution in [2.24, 2.45) is 10.9 Å². The molecular weight excluding hydrogens is 465 g/mol. The highest BCUT2D eigenvalue weighted by Crippen LogP contribution is 2.12. The molecule has 3 N–H and O–H groups in total. The van der Waals surface area contributed by atoms with Crippen molar-refractivity contribution in [2.75, 3.05) is 39.5 Å². The summed E-state index contributed by atoms with van der Waals surface area (Å²) in [6.45, 7) is 6.45. The van der Waals surface area contributed by atoms with Crippen molar-refractivity contribution < 1.29 is 4.79 Å². The molecule has 0 bridgehead atoms. The zero-order valence-corrected chi connectivity index (χ0v) is 20.4. The monoisotopic (exact) mass is 503 g/mol. The van der Waals surface area contributed by atoms with Crippen molar-refractivity contribution in [2.45, 2.75) is 46.1 Å². The summed E-state index contributed by atoms with van der Waals surface area (Å²) in [4.78, 5) is 18.1. The number of unbranched alkanes of at least 4 members (excludes halogenated alkanes) is 1. The first-order valence-corrected chi connectivity index (χ1v) is 9.96. The number of halogens is 1. The van der Waals surface area contributed by atoms with Crippen LogP contribution in [0.15, 0.2) is 29.3 Å². The molecule has 1 amide bonds. The molecule has 0 aliphatic carbocycles. The SMILES string of the molecule is CCCCC(CC)CNC(=NC)NCc1cccc(NC(=O)CN(C)C)c1.I. The minimum atomic E-state index is -0.0136. The fourth-order valence-electron chi connectivity index (χ4n) is 2.84. The van der Waals surface area contributed by atoms with Crippen LogP contribution >= 0.6 is 24.0 Å². The van der Waals surface area contributed by atoms with Gasteiger partial charge < -0.3 is 20.9 Å². The number of hydrogen-bond acceptors (Lipinski definition) is 3.